The highest BCUT2D eigenvalue weighted by Crippen LogP contribution is 2.30. The first-order chi connectivity index (χ1) is 13.0. The first-order valence-corrected chi connectivity index (χ1v) is 9.26. The number of nitrogens with zero attached hydrogens (tertiary/aromatic N) is 2. The van der Waals surface area contributed by atoms with Crippen molar-refractivity contribution in [3.8, 4) is 0 Å². The second-order valence-corrected chi connectivity index (χ2v) is 7.25. The van der Waals surface area contributed by atoms with E-state index in [4.69, 9.17) is 11.6 Å². The van der Waals surface area contributed by atoms with E-state index in [0.717, 1.165) is 11.3 Å². The Balaban J connectivity index is 1.50. The molecule has 0 aromatic heterocycles. The maximum Gasteiger partial charge on any atom is 0.228 e. The van der Waals surface area contributed by atoms with Crippen LogP contribution < -0.4 is 10.2 Å². The minimum absolute atomic E-state index is 0.0300. The van der Waals surface area contributed by atoms with E-state index < -0.39 is 11.7 Å². The van der Waals surface area contributed by atoms with Gasteiger partial charge in [0.05, 0.1) is 10.9 Å². The molecule has 1 fully saturated rings. The third kappa shape index (κ3) is 3.49. The van der Waals surface area contributed by atoms with Gasteiger partial charge in [-0.1, -0.05) is 29.8 Å². The number of anilines is 2. The lowest BCUT2D eigenvalue weighted by Crippen LogP contribution is -2.38. The van der Waals surface area contributed by atoms with Crippen LogP contribution in [0.2, 0.25) is 5.02 Å². The van der Waals surface area contributed by atoms with E-state index in [-0.39, 0.29) is 29.8 Å². The molecular formula is C20H19ClFN3O2. The van der Waals surface area contributed by atoms with Gasteiger partial charge in [-0.2, -0.15) is 0 Å². The fourth-order valence-corrected chi connectivity index (χ4v) is 3.84. The highest BCUT2D eigenvalue weighted by atomic mass is 35.5. The number of halogens is 2. The normalized spacial score (nSPS) is 19.5. The molecule has 140 valence electrons. The molecule has 0 aliphatic carbocycles. The molecule has 2 aromatic carbocycles. The SMILES string of the molecule is O=C(C1CC(=O)N(c2ccc(F)c(Cl)c2)C1)N1CCNc2ccccc2C1. The quantitative estimate of drug-likeness (QED) is 0.860. The average molecular weight is 388 g/mol. The Labute approximate surface area is 161 Å². The summed E-state index contributed by atoms with van der Waals surface area (Å²) >= 11 is 5.83. The Hall–Kier alpha value is -2.60. The molecule has 2 aliphatic rings. The second kappa shape index (κ2) is 7.19. The van der Waals surface area contributed by atoms with Gasteiger partial charge in [-0.05, 0) is 29.8 Å². The molecule has 1 unspecified atom stereocenters. The molecule has 0 radical (unpaired) electrons. The predicted molar refractivity (Wildman–Crippen MR) is 102 cm³/mol. The average Bonchev–Trinajstić information content (AvgIpc) is 2.92. The van der Waals surface area contributed by atoms with Gasteiger partial charge in [0.25, 0.3) is 0 Å². The summed E-state index contributed by atoms with van der Waals surface area (Å²) in [6, 6.07) is 12.1. The van der Waals surface area contributed by atoms with E-state index in [0.29, 0.717) is 25.3 Å². The van der Waals surface area contributed by atoms with E-state index in [1.165, 1.54) is 23.1 Å². The van der Waals surface area contributed by atoms with Crippen LogP contribution in [0.5, 0.6) is 0 Å². The number of hydrogen-bond acceptors (Lipinski definition) is 3. The van der Waals surface area contributed by atoms with E-state index in [1.54, 1.807) is 4.90 Å². The smallest absolute Gasteiger partial charge is 0.228 e. The standard InChI is InChI=1S/C20H19ClFN3O2/c21-16-10-15(5-6-17(16)22)25-12-14(9-19(25)26)20(27)24-8-7-23-18-4-2-1-3-13(18)11-24/h1-6,10,14,23H,7-9,11-12H2. The molecule has 7 heteroatoms. The number of carbonyl (C=O) groups excluding carboxylic acids is 2. The minimum Gasteiger partial charge on any atom is -0.383 e. The first-order valence-electron chi connectivity index (χ1n) is 8.89. The lowest BCUT2D eigenvalue weighted by molar-refractivity contribution is -0.136. The van der Waals surface area contributed by atoms with Crippen molar-refractivity contribution in [3.05, 3.63) is 58.9 Å². The third-order valence-corrected chi connectivity index (χ3v) is 5.37. The van der Waals surface area contributed by atoms with Crippen molar-refractivity contribution in [3.63, 3.8) is 0 Å². The molecule has 2 heterocycles. The van der Waals surface area contributed by atoms with Crippen LogP contribution in [0, 0.1) is 11.7 Å². The van der Waals surface area contributed by atoms with Crippen molar-refractivity contribution in [1.82, 2.24) is 4.90 Å². The van der Waals surface area contributed by atoms with Crippen molar-refractivity contribution in [1.29, 1.82) is 0 Å². The number of benzene rings is 2. The van der Waals surface area contributed by atoms with Crippen molar-refractivity contribution in [2.45, 2.75) is 13.0 Å². The molecule has 0 spiro atoms. The van der Waals surface area contributed by atoms with E-state index in [1.807, 2.05) is 24.3 Å². The Morgan fingerprint density at radius 2 is 2.04 bits per heavy atom. The van der Waals surface area contributed by atoms with Crippen LogP contribution in [-0.2, 0) is 16.1 Å². The van der Waals surface area contributed by atoms with Gasteiger partial charge in [-0.3, -0.25) is 9.59 Å². The summed E-state index contributed by atoms with van der Waals surface area (Å²) in [5.41, 5.74) is 2.62. The number of para-hydroxylation sites is 1. The van der Waals surface area contributed by atoms with Gasteiger partial charge in [0.15, 0.2) is 0 Å². The van der Waals surface area contributed by atoms with E-state index in [2.05, 4.69) is 5.32 Å². The van der Waals surface area contributed by atoms with Gasteiger partial charge in [0.1, 0.15) is 5.82 Å². The van der Waals surface area contributed by atoms with Crippen LogP contribution in [0.15, 0.2) is 42.5 Å². The molecule has 0 bridgehead atoms. The first kappa shape index (κ1) is 17.8. The highest BCUT2D eigenvalue weighted by Gasteiger charge is 2.37. The zero-order valence-corrected chi connectivity index (χ0v) is 15.4. The van der Waals surface area contributed by atoms with Crippen LogP contribution in [0.4, 0.5) is 15.8 Å². The monoisotopic (exact) mass is 387 g/mol. The summed E-state index contributed by atoms with van der Waals surface area (Å²) < 4.78 is 13.4. The number of hydrogen-bond donors (Lipinski definition) is 1. The number of carbonyl (C=O) groups is 2. The predicted octanol–water partition coefficient (Wildman–Crippen LogP) is 3.29. The van der Waals surface area contributed by atoms with Crippen molar-refractivity contribution in [2.24, 2.45) is 5.92 Å². The van der Waals surface area contributed by atoms with Crippen LogP contribution >= 0.6 is 11.6 Å². The van der Waals surface area contributed by atoms with Crippen molar-refractivity contribution < 1.29 is 14.0 Å². The van der Waals surface area contributed by atoms with Crippen LogP contribution in [-0.4, -0.2) is 36.3 Å². The Morgan fingerprint density at radius 3 is 2.85 bits per heavy atom. The molecule has 0 saturated carbocycles. The molecule has 2 aliphatic heterocycles. The largest absolute Gasteiger partial charge is 0.383 e. The Morgan fingerprint density at radius 1 is 1.22 bits per heavy atom. The van der Waals surface area contributed by atoms with Crippen molar-refractivity contribution in [2.75, 3.05) is 29.9 Å². The number of rotatable bonds is 2. The molecule has 1 atom stereocenters. The molecule has 1 saturated heterocycles. The van der Waals surface area contributed by atoms with Crippen LogP contribution in [0.25, 0.3) is 0 Å². The van der Waals surface area contributed by atoms with E-state index >= 15 is 0 Å². The fourth-order valence-electron chi connectivity index (χ4n) is 3.66. The van der Waals surface area contributed by atoms with Gasteiger partial charge in [-0.25, -0.2) is 4.39 Å². The fraction of sp³-hybridized carbons (Fsp3) is 0.300. The van der Waals surface area contributed by atoms with Crippen LogP contribution in [0.3, 0.4) is 0 Å². The summed E-state index contributed by atoms with van der Waals surface area (Å²) in [7, 11) is 0. The molecule has 5 nitrogen and oxygen atoms in total. The van der Waals surface area contributed by atoms with Gasteiger partial charge >= 0.3 is 0 Å². The molecule has 1 N–H and O–H groups in total. The van der Waals surface area contributed by atoms with Gasteiger partial charge in [0, 0.05) is 44.0 Å². The highest BCUT2D eigenvalue weighted by molar-refractivity contribution is 6.31. The van der Waals surface area contributed by atoms with Gasteiger partial charge in [-0.15, -0.1) is 0 Å². The third-order valence-electron chi connectivity index (χ3n) is 5.08. The zero-order chi connectivity index (χ0) is 19.0. The lowest BCUT2D eigenvalue weighted by atomic mass is 10.1. The summed E-state index contributed by atoms with van der Waals surface area (Å²) in [4.78, 5) is 28.8. The second-order valence-electron chi connectivity index (χ2n) is 6.85. The number of amides is 2. The summed E-state index contributed by atoms with van der Waals surface area (Å²) in [5, 5.41) is 3.30. The Bertz CT molecular complexity index is 905. The molecular weight excluding hydrogens is 369 g/mol. The summed E-state index contributed by atoms with van der Waals surface area (Å²) in [5.74, 6) is -1.12. The van der Waals surface area contributed by atoms with Crippen molar-refractivity contribution >= 4 is 34.8 Å². The Kier molecular flexibility index (Phi) is 4.74. The number of fused-ring (bicyclic) bond motifs is 1. The van der Waals surface area contributed by atoms with E-state index in [9.17, 15) is 14.0 Å². The topological polar surface area (TPSA) is 52.7 Å². The molecule has 27 heavy (non-hydrogen) atoms. The molecule has 2 aromatic rings. The molecule has 2 amide bonds. The lowest BCUT2D eigenvalue weighted by Gasteiger charge is -2.24. The maximum absolute atomic E-state index is 13.4. The van der Waals surface area contributed by atoms with Gasteiger partial charge < -0.3 is 15.1 Å². The summed E-state index contributed by atoms with van der Waals surface area (Å²) in [6.07, 6.45) is 0.152. The van der Waals surface area contributed by atoms with Crippen LogP contribution in [0.1, 0.15) is 12.0 Å². The number of nitrogens with one attached hydrogen (secondary N) is 1. The zero-order valence-electron chi connectivity index (χ0n) is 14.6. The molecule has 4 rings (SSSR count). The maximum atomic E-state index is 13.4. The van der Waals surface area contributed by atoms with Gasteiger partial charge in [0.2, 0.25) is 11.8 Å². The minimum atomic E-state index is -0.532. The summed E-state index contributed by atoms with van der Waals surface area (Å²) in [6.45, 7) is 2.06.